The number of pyridine rings is 1. The number of rotatable bonds is 5. The van der Waals surface area contributed by atoms with Gasteiger partial charge in [0.25, 0.3) is 5.91 Å². The van der Waals surface area contributed by atoms with E-state index in [1.54, 1.807) is 12.1 Å². The van der Waals surface area contributed by atoms with Crippen LogP contribution < -0.4 is 5.32 Å². The zero-order chi connectivity index (χ0) is 14.5. The zero-order valence-electron chi connectivity index (χ0n) is 10.2. The summed E-state index contributed by atoms with van der Waals surface area (Å²) in [6, 6.07) is 3.15. The first-order valence-corrected chi connectivity index (χ1v) is 5.93. The van der Waals surface area contributed by atoms with E-state index in [0.29, 0.717) is 5.69 Å². The van der Waals surface area contributed by atoms with Crippen molar-refractivity contribution in [1.29, 1.82) is 0 Å². The molecule has 0 unspecified atom stereocenters. The fourth-order valence-electron chi connectivity index (χ4n) is 1.46. The van der Waals surface area contributed by atoms with E-state index in [0.717, 1.165) is 0 Å². The predicted octanol–water partition coefficient (Wildman–Crippen LogP) is 0.341. The van der Waals surface area contributed by atoms with Gasteiger partial charge in [0.15, 0.2) is 0 Å². The minimum Gasteiger partial charge on any atom is -0.480 e. The van der Waals surface area contributed by atoms with Crippen molar-refractivity contribution in [3.05, 3.63) is 40.9 Å². The first-order chi connectivity index (χ1) is 9.56. The Hall–Kier alpha value is -2.48. The van der Waals surface area contributed by atoms with Gasteiger partial charge in [0, 0.05) is 6.20 Å². The van der Waals surface area contributed by atoms with Gasteiger partial charge in [-0.3, -0.25) is 9.59 Å². The summed E-state index contributed by atoms with van der Waals surface area (Å²) in [4.78, 5) is 26.1. The van der Waals surface area contributed by atoms with Gasteiger partial charge in [0.2, 0.25) is 0 Å². The molecule has 0 spiro atoms. The molecule has 2 aromatic heterocycles. The number of hydrogen-bond donors (Lipinski definition) is 2. The molecule has 0 aliphatic heterocycles. The van der Waals surface area contributed by atoms with E-state index in [9.17, 15) is 9.59 Å². The molecule has 0 fully saturated rings. The Morgan fingerprint density at radius 2 is 2.25 bits per heavy atom. The third-order valence-corrected chi connectivity index (χ3v) is 2.62. The van der Waals surface area contributed by atoms with Crippen LogP contribution >= 0.6 is 11.6 Å². The zero-order valence-corrected chi connectivity index (χ0v) is 10.9. The van der Waals surface area contributed by atoms with Crippen LogP contribution in [0.3, 0.4) is 0 Å². The maximum Gasteiger partial charge on any atom is 0.325 e. The molecule has 1 amide bonds. The summed E-state index contributed by atoms with van der Waals surface area (Å²) in [5.74, 6) is -1.41. The minimum atomic E-state index is -1.02. The lowest BCUT2D eigenvalue weighted by Crippen LogP contribution is -2.23. The lowest BCUT2D eigenvalue weighted by molar-refractivity contribution is -0.137. The minimum absolute atomic E-state index is 0.111. The Morgan fingerprint density at radius 3 is 2.95 bits per heavy atom. The van der Waals surface area contributed by atoms with Crippen molar-refractivity contribution in [2.24, 2.45) is 0 Å². The maximum atomic E-state index is 11.8. The van der Waals surface area contributed by atoms with Crippen molar-refractivity contribution in [2.45, 2.75) is 13.1 Å². The van der Waals surface area contributed by atoms with E-state index >= 15 is 0 Å². The first kappa shape index (κ1) is 13.9. The number of carboxylic acids is 1. The molecule has 0 aliphatic carbocycles. The highest BCUT2D eigenvalue weighted by molar-refractivity contribution is 6.32. The second kappa shape index (κ2) is 6.11. The van der Waals surface area contributed by atoms with Crippen molar-refractivity contribution >= 4 is 23.5 Å². The van der Waals surface area contributed by atoms with Crippen LogP contribution in [0.1, 0.15) is 16.1 Å². The lowest BCUT2D eigenvalue weighted by Gasteiger charge is -2.03. The summed E-state index contributed by atoms with van der Waals surface area (Å²) in [5.41, 5.74) is 0.701. The molecule has 0 saturated carbocycles. The molecule has 20 heavy (non-hydrogen) atoms. The van der Waals surface area contributed by atoms with Gasteiger partial charge in [0.1, 0.15) is 17.4 Å². The monoisotopic (exact) mass is 295 g/mol. The van der Waals surface area contributed by atoms with E-state index in [-0.39, 0.29) is 23.8 Å². The number of hydrogen-bond acceptors (Lipinski definition) is 5. The standard InChI is InChI=1S/C11H10ClN5O3/c12-10-8(2-1-3-13-10)11(20)14-4-7-5-17(16-15-7)6-9(18)19/h1-3,5H,4,6H2,(H,14,20)(H,18,19). The number of carbonyl (C=O) groups is 2. The number of carboxylic acid groups (broad SMARTS) is 1. The molecular weight excluding hydrogens is 286 g/mol. The maximum absolute atomic E-state index is 11.8. The quantitative estimate of drug-likeness (QED) is 0.770. The van der Waals surface area contributed by atoms with Crippen LogP contribution in [0.25, 0.3) is 0 Å². The van der Waals surface area contributed by atoms with Gasteiger partial charge < -0.3 is 10.4 Å². The number of aliphatic carboxylic acids is 1. The molecule has 104 valence electrons. The fraction of sp³-hybridized carbons (Fsp3) is 0.182. The summed E-state index contributed by atoms with van der Waals surface area (Å²) < 4.78 is 1.17. The van der Waals surface area contributed by atoms with Crippen LogP contribution in [0.15, 0.2) is 24.5 Å². The van der Waals surface area contributed by atoms with Crippen molar-refractivity contribution < 1.29 is 14.7 Å². The Labute approximate surface area is 118 Å². The fourth-order valence-corrected chi connectivity index (χ4v) is 1.66. The van der Waals surface area contributed by atoms with Gasteiger partial charge in [-0.25, -0.2) is 9.67 Å². The molecule has 2 aromatic rings. The highest BCUT2D eigenvalue weighted by Crippen LogP contribution is 2.11. The van der Waals surface area contributed by atoms with E-state index in [1.807, 2.05) is 0 Å². The Morgan fingerprint density at radius 1 is 1.45 bits per heavy atom. The molecule has 2 rings (SSSR count). The van der Waals surface area contributed by atoms with Crippen LogP contribution in [0.2, 0.25) is 5.15 Å². The molecule has 0 saturated heterocycles. The molecule has 0 aromatic carbocycles. The molecule has 8 nitrogen and oxygen atoms in total. The molecule has 9 heteroatoms. The SMILES string of the molecule is O=C(O)Cn1cc(CNC(=O)c2cccnc2Cl)nn1. The molecule has 0 aliphatic rings. The van der Waals surface area contributed by atoms with Gasteiger partial charge in [0.05, 0.1) is 18.3 Å². The Balaban J connectivity index is 1.95. The lowest BCUT2D eigenvalue weighted by atomic mass is 10.2. The average molecular weight is 296 g/mol. The van der Waals surface area contributed by atoms with E-state index < -0.39 is 11.9 Å². The average Bonchev–Trinajstić information content (AvgIpc) is 2.83. The second-order valence-electron chi connectivity index (χ2n) is 3.83. The summed E-state index contributed by atoms with van der Waals surface area (Å²) in [5, 5.41) is 18.7. The summed E-state index contributed by atoms with van der Waals surface area (Å²) in [6.07, 6.45) is 2.93. The highest BCUT2D eigenvalue weighted by atomic mass is 35.5. The van der Waals surface area contributed by atoms with E-state index in [2.05, 4.69) is 20.6 Å². The smallest absolute Gasteiger partial charge is 0.325 e. The van der Waals surface area contributed by atoms with Crippen molar-refractivity contribution in [1.82, 2.24) is 25.3 Å². The van der Waals surface area contributed by atoms with E-state index in [1.165, 1.54) is 17.1 Å². The topological polar surface area (TPSA) is 110 Å². The predicted molar refractivity (Wildman–Crippen MR) is 68.1 cm³/mol. The van der Waals surface area contributed by atoms with Gasteiger partial charge in [-0.15, -0.1) is 5.10 Å². The Kier molecular flexibility index (Phi) is 4.26. The van der Waals surface area contributed by atoms with Crippen LogP contribution in [0, 0.1) is 0 Å². The Bertz CT molecular complexity index is 642. The van der Waals surface area contributed by atoms with Crippen LogP contribution in [-0.4, -0.2) is 37.0 Å². The first-order valence-electron chi connectivity index (χ1n) is 5.56. The molecular formula is C11H10ClN5O3. The third-order valence-electron chi connectivity index (χ3n) is 2.32. The summed E-state index contributed by atoms with van der Waals surface area (Å²) in [7, 11) is 0. The largest absolute Gasteiger partial charge is 0.480 e. The number of carbonyl (C=O) groups excluding carboxylic acids is 1. The van der Waals surface area contributed by atoms with Crippen LogP contribution in [0.4, 0.5) is 0 Å². The van der Waals surface area contributed by atoms with Crippen molar-refractivity contribution in [3.63, 3.8) is 0 Å². The normalized spacial score (nSPS) is 10.2. The molecule has 0 atom stereocenters. The van der Waals surface area contributed by atoms with Crippen LogP contribution in [-0.2, 0) is 17.9 Å². The van der Waals surface area contributed by atoms with Gasteiger partial charge >= 0.3 is 5.97 Å². The van der Waals surface area contributed by atoms with E-state index in [4.69, 9.17) is 16.7 Å². The molecule has 0 bridgehead atoms. The summed E-state index contributed by atoms with van der Waals surface area (Å²) >= 11 is 5.79. The highest BCUT2D eigenvalue weighted by Gasteiger charge is 2.11. The number of aromatic nitrogens is 4. The molecule has 2 N–H and O–H groups in total. The number of halogens is 1. The number of amides is 1. The number of nitrogens with zero attached hydrogens (tertiary/aromatic N) is 4. The van der Waals surface area contributed by atoms with Gasteiger partial charge in [-0.05, 0) is 12.1 Å². The summed E-state index contributed by atoms with van der Waals surface area (Å²) in [6.45, 7) is -0.168. The van der Waals surface area contributed by atoms with Crippen molar-refractivity contribution in [2.75, 3.05) is 0 Å². The van der Waals surface area contributed by atoms with Crippen molar-refractivity contribution in [3.8, 4) is 0 Å². The van der Waals surface area contributed by atoms with Crippen LogP contribution in [0.5, 0.6) is 0 Å². The van der Waals surface area contributed by atoms with Gasteiger partial charge in [-0.2, -0.15) is 0 Å². The molecule has 2 heterocycles. The van der Waals surface area contributed by atoms with Gasteiger partial charge in [-0.1, -0.05) is 16.8 Å². The molecule has 0 radical (unpaired) electrons. The third kappa shape index (κ3) is 3.51. The number of nitrogens with one attached hydrogen (secondary N) is 1. The second-order valence-corrected chi connectivity index (χ2v) is 4.18.